The van der Waals surface area contributed by atoms with Crippen LogP contribution in [0.4, 0.5) is 4.39 Å². The van der Waals surface area contributed by atoms with E-state index in [2.05, 4.69) is 5.32 Å². The van der Waals surface area contributed by atoms with Gasteiger partial charge in [-0.15, -0.1) is 0 Å². The fourth-order valence-electron chi connectivity index (χ4n) is 3.74. The predicted octanol–water partition coefficient (Wildman–Crippen LogP) is 1.96. The summed E-state index contributed by atoms with van der Waals surface area (Å²) < 4.78 is 24.4. The van der Waals surface area contributed by atoms with Crippen LogP contribution in [0.5, 0.6) is 0 Å². The molecule has 2 aromatic rings. The number of amides is 2. The molecule has 2 fully saturated rings. The van der Waals surface area contributed by atoms with Crippen LogP contribution in [-0.4, -0.2) is 42.0 Å². The van der Waals surface area contributed by atoms with Gasteiger partial charge in [0, 0.05) is 18.7 Å². The van der Waals surface area contributed by atoms with Crippen molar-refractivity contribution in [1.82, 2.24) is 10.2 Å². The number of halogens is 1. The van der Waals surface area contributed by atoms with Crippen LogP contribution in [0.2, 0.25) is 0 Å². The molecule has 6 nitrogen and oxygen atoms in total. The number of rotatable bonds is 4. The van der Waals surface area contributed by atoms with Crippen molar-refractivity contribution in [3.05, 3.63) is 59.8 Å². The van der Waals surface area contributed by atoms with Gasteiger partial charge in [0.1, 0.15) is 11.6 Å². The lowest BCUT2D eigenvalue weighted by Crippen LogP contribution is -2.37. The van der Waals surface area contributed by atoms with Gasteiger partial charge >= 0.3 is 0 Å². The van der Waals surface area contributed by atoms with Crippen molar-refractivity contribution >= 4 is 11.8 Å². The topological polar surface area (TPSA) is 71.8 Å². The lowest BCUT2D eigenvalue weighted by atomic mass is 10.0. The van der Waals surface area contributed by atoms with Gasteiger partial charge in [0.2, 0.25) is 5.91 Å². The number of nitrogens with one attached hydrogen (secondary N) is 1. The molecule has 2 amide bonds. The van der Waals surface area contributed by atoms with Gasteiger partial charge in [0.25, 0.3) is 5.91 Å². The van der Waals surface area contributed by atoms with Gasteiger partial charge in [0.05, 0.1) is 30.9 Å². The highest BCUT2D eigenvalue weighted by atomic mass is 19.1. The third kappa shape index (κ3) is 3.10. The van der Waals surface area contributed by atoms with E-state index >= 15 is 0 Å². The lowest BCUT2D eigenvalue weighted by molar-refractivity contribution is -0.127. The number of likely N-dealkylation sites (tertiary alicyclic amines) is 1. The Labute approximate surface area is 149 Å². The molecule has 26 heavy (non-hydrogen) atoms. The van der Waals surface area contributed by atoms with Gasteiger partial charge in [-0.3, -0.25) is 9.59 Å². The van der Waals surface area contributed by atoms with Crippen molar-refractivity contribution in [2.24, 2.45) is 5.92 Å². The van der Waals surface area contributed by atoms with Crippen molar-refractivity contribution in [3.8, 4) is 0 Å². The minimum absolute atomic E-state index is 0.162. The summed E-state index contributed by atoms with van der Waals surface area (Å²) in [6.07, 6.45) is 1.89. The summed E-state index contributed by atoms with van der Waals surface area (Å²) in [5, 5.41) is 2.84. The van der Waals surface area contributed by atoms with E-state index in [0.717, 1.165) is 0 Å². The Morgan fingerprint density at radius 1 is 1.27 bits per heavy atom. The fourth-order valence-corrected chi connectivity index (χ4v) is 3.74. The molecular weight excluding hydrogens is 339 g/mol. The van der Waals surface area contributed by atoms with Crippen LogP contribution < -0.4 is 5.32 Å². The minimum atomic E-state index is -0.456. The van der Waals surface area contributed by atoms with E-state index in [4.69, 9.17) is 9.15 Å². The van der Waals surface area contributed by atoms with Crippen molar-refractivity contribution in [1.29, 1.82) is 0 Å². The molecule has 3 atom stereocenters. The molecule has 0 saturated carbocycles. The first-order chi connectivity index (χ1) is 12.6. The van der Waals surface area contributed by atoms with Crippen molar-refractivity contribution < 1.29 is 23.1 Å². The number of furan rings is 1. The number of ether oxygens (including phenoxy) is 1. The minimum Gasteiger partial charge on any atom is -0.467 e. The van der Waals surface area contributed by atoms with Crippen molar-refractivity contribution in [2.75, 3.05) is 13.2 Å². The molecule has 0 radical (unpaired) electrons. The number of benzene rings is 1. The second-order valence-corrected chi connectivity index (χ2v) is 6.56. The number of carbonyl (C=O) groups is 2. The molecule has 1 N–H and O–H groups in total. The first-order valence-corrected chi connectivity index (χ1v) is 8.62. The zero-order chi connectivity index (χ0) is 18.1. The predicted molar refractivity (Wildman–Crippen MR) is 89.6 cm³/mol. The van der Waals surface area contributed by atoms with Gasteiger partial charge in [-0.05, 0) is 36.8 Å². The Morgan fingerprint density at radius 3 is 2.92 bits per heavy atom. The van der Waals surface area contributed by atoms with Crippen LogP contribution in [0.1, 0.15) is 22.5 Å². The van der Waals surface area contributed by atoms with Gasteiger partial charge in [-0.1, -0.05) is 6.07 Å². The van der Waals surface area contributed by atoms with Crippen LogP contribution in [0.15, 0.2) is 47.1 Å². The highest BCUT2D eigenvalue weighted by Crippen LogP contribution is 2.34. The van der Waals surface area contributed by atoms with Crippen LogP contribution >= 0.6 is 0 Å². The molecular formula is C19H19FN2O4. The molecule has 0 aliphatic carbocycles. The fraction of sp³-hybridized carbons (Fsp3) is 0.368. The van der Waals surface area contributed by atoms with Crippen molar-refractivity contribution in [2.45, 2.75) is 25.1 Å². The van der Waals surface area contributed by atoms with E-state index in [1.165, 1.54) is 18.2 Å². The normalized spacial score (nSPS) is 24.5. The maximum absolute atomic E-state index is 13.5. The molecule has 2 aliphatic heterocycles. The quantitative estimate of drug-likeness (QED) is 0.907. The molecule has 4 rings (SSSR count). The Balaban J connectivity index is 1.48. The lowest BCUT2D eigenvalue weighted by Gasteiger charge is -2.22. The Bertz CT molecular complexity index is 808. The van der Waals surface area contributed by atoms with E-state index < -0.39 is 11.7 Å². The zero-order valence-corrected chi connectivity index (χ0v) is 14.1. The SMILES string of the molecule is O=C(NCc1ccco1)[C@@H]1CN(C(=O)c2cccc(F)c2)[C@H]2CCO[C@@H]12. The highest BCUT2D eigenvalue weighted by Gasteiger charge is 2.50. The summed E-state index contributed by atoms with van der Waals surface area (Å²) in [7, 11) is 0. The van der Waals surface area contributed by atoms with E-state index in [1.54, 1.807) is 29.4 Å². The largest absolute Gasteiger partial charge is 0.467 e. The second-order valence-electron chi connectivity index (χ2n) is 6.56. The Morgan fingerprint density at radius 2 is 2.15 bits per heavy atom. The van der Waals surface area contributed by atoms with E-state index in [1.807, 2.05) is 0 Å². The van der Waals surface area contributed by atoms with Crippen LogP contribution in [-0.2, 0) is 16.1 Å². The molecule has 1 aromatic carbocycles. The van der Waals surface area contributed by atoms with Gasteiger partial charge in [-0.25, -0.2) is 4.39 Å². The third-order valence-electron chi connectivity index (χ3n) is 4.98. The van der Waals surface area contributed by atoms with E-state index in [-0.39, 0.29) is 42.6 Å². The number of nitrogens with zero attached hydrogens (tertiary/aromatic N) is 1. The monoisotopic (exact) mass is 358 g/mol. The smallest absolute Gasteiger partial charge is 0.254 e. The summed E-state index contributed by atoms with van der Waals surface area (Å²) in [4.78, 5) is 27.1. The highest BCUT2D eigenvalue weighted by molar-refractivity contribution is 5.95. The van der Waals surface area contributed by atoms with E-state index in [9.17, 15) is 14.0 Å². The molecule has 1 aromatic heterocycles. The van der Waals surface area contributed by atoms with Crippen LogP contribution in [0, 0.1) is 11.7 Å². The summed E-state index contributed by atoms with van der Waals surface area (Å²) in [6.45, 7) is 1.05. The number of hydrogen-bond donors (Lipinski definition) is 1. The van der Waals surface area contributed by atoms with Crippen LogP contribution in [0.3, 0.4) is 0 Å². The number of fused-ring (bicyclic) bond motifs is 1. The summed E-state index contributed by atoms with van der Waals surface area (Å²) in [6, 6.07) is 8.99. The Hall–Kier alpha value is -2.67. The average molecular weight is 358 g/mol. The standard InChI is InChI=1S/C19H19FN2O4/c20-13-4-1-3-12(9-13)19(24)22-11-15(17-16(22)6-8-26-17)18(23)21-10-14-5-2-7-25-14/h1-5,7,9,15-17H,6,8,10-11H2,(H,21,23)/t15-,16+,17+/m1/s1. The number of hydrogen-bond acceptors (Lipinski definition) is 4. The first-order valence-electron chi connectivity index (χ1n) is 8.62. The van der Waals surface area contributed by atoms with Gasteiger partial charge in [-0.2, -0.15) is 0 Å². The van der Waals surface area contributed by atoms with Gasteiger partial charge < -0.3 is 19.4 Å². The summed E-state index contributed by atoms with van der Waals surface area (Å²) >= 11 is 0. The summed E-state index contributed by atoms with van der Waals surface area (Å²) in [5.41, 5.74) is 0.285. The maximum Gasteiger partial charge on any atom is 0.254 e. The van der Waals surface area contributed by atoms with Gasteiger partial charge in [0.15, 0.2) is 0 Å². The van der Waals surface area contributed by atoms with Crippen molar-refractivity contribution in [3.63, 3.8) is 0 Å². The molecule has 0 unspecified atom stereocenters. The first kappa shape index (κ1) is 16.8. The molecule has 136 valence electrons. The molecule has 0 spiro atoms. The zero-order valence-electron chi connectivity index (χ0n) is 14.1. The average Bonchev–Trinajstić information content (AvgIpc) is 3.36. The van der Waals surface area contributed by atoms with E-state index in [0.29, 0.717) is 18.8 Å². The summed E-state index contributed by atoms with van der Waals surface area (Å²) in [5.74, 6) is -0.691. The van der Waals surface area contributed by atoms with Crippen LogP contribution in [0.25, 0.3) is 0 Å². The molecule has 3 heterocycles. The maximum atomic E-state index is 13.5. The second kappa shape index (κ2) is 6.92. The molecule has 0 bridgehead atoms. The molecule has 7 heteroatoms. The number of carbonyl (C=O) groups excluding carboxylic acids is 2. The molecule has 2 aliphatic rings. The third-order valence-corrected chi connectivity index (χ3v) is 4.98. The Kier molecular flexibility index (Phi) is 4.46. The molecule has 2 saturated heterocycles.